The number of methoxy groups -OCH3 is 2. The van der Waals surface area contributed by atoms with Crippen molar-refractivity contribution in [2.24, 2.45) is 0 Å². The first-order valence-electron chi connectivity index (χ1n) is 8.92. The first-order chi connectivity index (χ1) is 14.4. The van der Waals surface area contributed by atoms with Crippen LogP contribution in [0.3, 0.4) is 0 Å². The lowest BCUT2D eigenvalue weighted by molar-refractivity contribution is 0.168. The molecule has 0 aliphatic heterocycles. The number of hydrogen-bond acceptors (Lipinski definition) is 8. The molecule has 0 radical (unpaired) electrons. The van der Waals surface area contributed by atoms with Crippen LogP contribution in [0.5, 0.6) is 17.2 Å². The highest BCUT2D eigenvalue weighted by molar-refractivity contribution is 5.50. The Morgan fingerprint density at radius 3 is 2.30 bits per heavy atom. The number of ether oxygens (including phenoxy) is 3. The van der Waals surface area contributed by atoms with Crippen molar-refractivity contribution in [2.75, 3.05) is 19.5 Å². The SMILES string of the molecule is COc1cc(OC)c(F)c(COc2cnc(Nc3cnn(C[C@H](C)O)c3)nc2)c1F. The third kappa shape index (κ3) is 4.92. The molecule has 1 atom stereocenters. The van der Waals surface area contributed by atoms with Crippen molar-refractivity contribution in [1.82, 2.24) is 19.7 Å². The van der Waals surface area contributed by atoms with E-state index in [4.69, 9.17) is 14.2 Å². The van der Waals surface area contributed by atoms with Crippen LogP contribution in [-0.4, -0.2) is 45.2 Å². The topological polar surface area (TPSA) is 104 Å². The number of hydrogen-bond donors (Lipinski definition) is 2. The fourth-order valence-corrected chi connectivity index (χ4v) is 2.60. The summed E-state index contributed by atoms with van der Waals surface area (Å²) >= 11 is 0. The molecule has 0 aliphatic rings. The average Bonchev–Trinajstić information content (AvgIpc) is 3.15. The van der Waals surface area contributed by atoms with Crippen molar-refractivity contribution in [3.63, 3.8) is 0 Å². The molecule has 2 heterocycles. The molecule has 160 valence electrons. The Hall–Kier alpha value is -3.47. The Bertz CT molecular complexity index is 967. The summed E-state index contributed by atoms with van der Waals surface area (Å²) in [6, 6.07) is 1.13. The molecule has 0 saturated heterocycles. The lowest BCUT2D eigenvalue weighted by Gasteiger charge is -2.13. The fourth-order valence-electron chi connectivity index (χ4n) is 2.60. The van der Waals surface area contributed by atoms with Gasteiger partial charge < -0.3 is 24.6 Å². The molecule has 0 amide bonds. The van der Waals surface area contributed by atoms with Crippen LogP contribution in [0.15, 0.2) is 30.9 Å². The van der Waals surface area contributed by atoms with E-state index >= 15 is 0 Å². The quantitative estimate of drug-likeness (QED) is 0.544. The highest BCUT2D eigenvalue weighted by atomic mass is 19.1. The predicted molar refractivity (Wildman–Crippen MR) is 103 cm³/mol. The normalized spacial score (nSPS) is 11.8. The van der Waals surface area contributed by atoms with Gasteiger partial charge in [-0.2, -0.15) is 5.10 Å². The van der Waals surface area contributed by atoms with E-state index in [1.54, 1.807) is 24.0 Å². The van der Waals surface area contributed by atoms with Gasteiger partial charge in [0.2, 0.25) is 5.95 Å². The summed E-state index contributed by atoms with van der Waals surface area (Å²) in [6.07, 6.45) is 5.47. The largest absolute Gasteiger partial charge is 0.494 e. The number of aromatic nitrogens is 4. The van der Waals surface area contributed by atoms with E-state index in [1.807, 2.05) is 0 Å². The van der Waals surface area contributed by atoms with Crippen LogP contribution >= 0.6 is 0 Å². The van der Waals surface area contributed by atoms with Crippen molar-refractivity contribution in [3.8, 4) is 17.2 Å². The Labute approximate surface area is 171 Å². The highest BCUT2D eigenvalue weighted by Gasteiger charge is 2.20. The smallest absolute Gasteiger partial charge is 0.227 e. The van der Waals surface area contributed by atoms with Crippen molar-refractivity contribution in [2.45, 2.75) is 26.2 Å². The lowest BCUT2D eigenvalue weighted by atomic mass is 10.1. The van der Waals surface area contributed by atoms with Gasteiger partial charge in [-0.15, -0.1) is 0 Å². The highest BCUT2D eigenvalue weighted by Crippen LogP contribution is 2.32. The maximum atomic E-state index is 14.4. The number of nitrogens with one attached hydrogen (secondary N) is 1. The zero-order valence-electron chi connectivity index (χ0n) is 16.6. The Balaban J connectivity index is 1.66. The van der Waals surface area contributed by atoms with E-state index in [1.165, 1.54) is 26.6 Å². The molecular formula is C19H21F2N5O4. The minimum atomic E-state index is -0.871. The number of halogens is 2. The van der Waals surface area contributed by atoms with Crippen LogP contribution in [0.1, 0.15) is 12.5 Å². The van der Waals surface area contributed by atoms with Gasteiger partial charge in [0.05, 0.1) is 56.7 Å². The van der Waals surface area contributed by atoms with Gasteiger partial charge >= 0.3 is 0 Å². The summed E-state index contributed by atoms with van der Waals surface area (Å²) in [5, 5.41) is 16.4. The summed E-state index contributed by atoms with van der Waals surface area (Å²) in [5.74, 6) is -1.56. The molecule has 11 heteroatoms. The van der Waals surface area contributed by atoms with Crippen molar-refractivity contribution < 1.29 is 28.1 Å². The van der Waals surface area contributed by atoms with E-state index in [0.29, 0.717) is 12.2 Å². The molecule has 0 spiro atoms. The molecule has 2 N–H and O–H groups in total. The van der Waals surface area contributed by atoms with Gasteiger partial charge in [0, 0.05) is 12.3 Å². The maximum absolute atomic E-state index is 14.4. The minimum Gasteiger partial charge on any atom is -0.494 e. The molecule has 0 fully saturated rings. The third-order valence-electron chi connectivity index (χ3n) is 4.02. The zero-order valence-corrected chi connectivity index (χ0v) is 16.6. The Kier molecular flexibility index (Phi) is 6.62. The molecule has 3 rings (SSSR count). The number of anilines is 2. The summed E-state index contributed by atoms with van der Waals surface area (Å²) < 4.78 is 45.5. The van der Waals surface area contributed by atoms with E-state index < -0.39 is 24.3 Å². The molecule has 3 aromatic rings. The first kappa shape index (κ1) is 21.2. The summed E-state index contributed by atoms with van der Waals surface area (Å²) in [7, 11) is 2.54. The van der Waals surface area contributed by atoms with Crippen LogP contribution in [0.25, 0.3) is 0 Å². The van der Waals surface area contributed by atoms with Gasteiger partial charge in [0.25, 0.3) is 0 Å². The van der Waals surface area contributed by atoms with Crippen LogP contribution in [0, 0.1) is 11.6 Å². The molecular weight excluding hydrogens is 400 g/mol. The van der Waals surface area contributed by atoms with Crippen molar-refractivity contribution in [1.29, 1.82) is 0 Å². The van der Waals surface area contributed by atoms with E-state index in [2.05, 4.69) is 20.4 Å². The van der Waals surface area contributed by atoms with Gasteiger partial charge in [0.1, 0.15) is 6.61 Å². The average molecular weight is 421 g/mol. The minimum absolute atomic E-state index is 0.154. The van der Waals surface area contributed by atoms with Crippen molar-refractivity contribution in [3.05, 3.63) is 48.1 Å². The Morgan fingerprint density at radius 1 is 1.10 bits per heavy atom. The molecule has 9 nitrogen and oxygen atoms in total. The Morgan fingerprint density at radius 2 is 1.73 bits per heavy atom. The van der Waals surface area contributed by atoms with Crippen LogP contribution in [0.2, 0.25) is 0 Å². The summed E-state index contributed by atoms with van der Waals surface area (Å²) in [5.41, 5.74) is 0.302. The fraction of sp³-hybridized carbons (Fsp3) is 0.316. The second-order valence-corrected chi connectivity index (χ2v) is 6.34. The van der Waals surface area contributed by atoms with Gasteiger partial charge in [-0.25, -0.2) is 18.7 Å². The number of nitrogens with zero attached hydrogens (tertiary/aromatic N) is 4. The third-order valence-corrected chi connectivity index (χ3v) is 4.02. The molecule has 2 aromatic heterocycles. The van der Waals surface area contributed by atoms with E-state index in [9.17, 15) is 13.9 Å². The molecule has 30 heavy (non-hydrogen) atoms. The lowest BCUT2D eigenvalue weighted by Crippen LogP contribution is -2.11. The second-order valence-electron chi connectivity index (χ2n) is 6.34. The first-order valence-corrected chi connectivity index (χ1v) is 8.92. The van der Waals surface area contributed by atoms with Gasteiger partial charge in [-0.3, -0.25) is 4.68 Å². The number of aliphatic hydroxyl groups is 1. The van der Waals surface area contributed by atoms with Crippen molar-refractivity contribution >= 4 is 11.6 Å². The van der Waals surface area contributed by atoms with Gasteiger partial charge in [0.15, 0.2) is 28.9 Å². The number of rotatable bonds is 9. The summed E-state index contributed by atoms with van der Waals surface area (Å²) in [4.78, 5) is 8.20. The van der Waals surface area contributed by atoms with Crippen LogP contribution in [-0.2, 0) is 13.2 Å². The number of benzene rings is 1. The standard InChI is InChI=1S/C19H21F2N5O4/c1-11(27)8-26-9-12(5-24-26)25-19-22-6-13(7-23-19)30-10-14-17(20)15(28-2)4-16(29-3)18(14)21/h4-7,9,11,27H,8,10H2,1-3H3,(H,22,23,25)/t11-/m0/s1. The molecule has 0 unspecified atom stereocenters. The van der Waals surface area contributed by atoms with Gasteiger partial charge in [-0.1, -0.05) is 0 Å². The molecule has 0 bridgehead atoms. The predicted octanol–water partition coefficient (Wildman–Crippen LogP) is 2.67. The second kappa shape index (κ2) is 9.35. The van der Waals surface area contributed by atoms with Gasteiger partial charge in [-0.05, 0) is 6.92 Å². The molecule has 0 saturated carbocycles. The number of aliphatic hydroxyl groups excluding tert-OH is 1. The van der Waals surface area contributed by atoms with E-state index in [-0.39, 0.29) is 28.8 Å². The van der Waals surface area contributed by atoms with Crippen LogP contribution in [0.4, 0.5) is 20.4 Å². The monoisotopic (exact) mass is 421 g/mol. The van der Waals surface area contributed by atoms with E-state index in [0.717, 1.165) is 6.07 Å². The summed E-state index contributed by atoms with van der Waals surface area (Å²) in [6.45, 7) is 1.61. The van der Waals surface area contributed by atoms with Crippen LogP contribution < -0.4 is 19.5 Å². The maximum Gasteiger partial charge on any atom is 0.227 e. The molecule has 0 aliphatic carbocycles. The zero-order chi connectivity index (χ0) is 21.7. The molecule has 1 aromatic carbocycles.